The van der Waals surface area contributed by atoms with Crippen LogP contribution in [0.2, 0.25) is 0 Å². The minimum atomic E-state index is -3.78. The molecule has 26 heavy (non-hydrogen) atoms. The third kappa shape index (κ3) is 3.67. The molecule has 142 valence electrons. The molecule has 0 unspecified atom stereocenters. The van der Waals surface area contributed by atoms with Gasteiger partial charge in [-0.05, 0) is 43.2 Å². The molecule has 0 amide bonds. The Morgan fingerprint density at radius 1 is 1.27 bits per heavy atom. The van der Waals surface area contributed by atoms with Gasteiger partial charge in [-0.3, -0.25) is 9.03 Å². The highest BCUT2D eigenvalue weighted by molar-refractivity contribution is 7.94. The molecule has 0 atom stereocenters. The summed E-state index contributed by atoms with van der Waals surface area (Å²) in [6, 6.07) is 8.01. The first-order valence-corrected chi connectivity index (χ1v) is 12.0. The van der Waals surface area contributed by atoms with Crippen LogP contribution in [0.3, 0.4) is 0 Å². The number of benzene rings is 1. The summed E-state index contributed by atoms with van der Waals surface area (Å²) < 4.78 is 58.8. The van der Waals surface area contributed by atoms with E-state index < -0.39 is 20.0 Å². The second-order valence-corrected chi connectivity index (χ2v) is 10.9. The van der Waals surface area contributed by atoms with Crippen molar-refractivity contribution in [3.63, 3.8) is 0 Å². The normalized spacial score (nSPS) is 16.6. The van der Waals surface area contributed by atoms with Crippen LogP contribution < -0.4 is 13.8 Å². The van der Waals surface area contributed by atoms with Gasteiger partial charge in [-0.15, -0.1) is 11.3 Å². The minimum absolute atomic E-state index is 0.0923. The largest absolute Gasteiger partial charge is 0.495 e. The van der Waals surface area contributed by atoms with Crippen molar-refractivity contribution in [2.75, 3.05) is 28.4 Å². The van der Waals surface area contributed by atoms with Gasteiger partial charge in [0.2, 0.25) is 10.0 Å². The number of ether oxygens (including phenoxy) is 1. The fourth-order valence-electron chi connectivity index (χ4n) is 2.75. The van der Waals surface area contributed by atoms with E-state index in [-0.39, 0.29) is 15.6 Å². The van der Waals surface area contributed by atoms with Crippen molar-refractivity contribution in [1.29, 1.82) is 0 Å². The van der Waals surface area contributed by atoms with Crippen LogP contribution >= 0.6 is 11.3 Å². The lowest BCUT2D eigenvalue weighted by molar-refractivity contribution is 0.417. The number of nitrogens with zero attached hydrogens (tertiary/aromatic N) is 1. The molecule has 0 saturated carbocycles. The monoisotopic (exact) mass is 416 g/mol. The Bertz CT molecular complexity index is 1010. The Balaban J connectivity index is 1.97. The molecule has 1 N–H and O–H groups in total. The number of thiophene rings is 1. The number of methoxy groups -OCH3 is 1. The molecule has 1 aromatic heterocycles. The van der Waals surface area contributed by atoms with Gasteiger partial charge in [-0.2, -0.15) is 0 Å². The number of hydrogen-bond donors (Lipinski definition) is 1. The summed E-state index contributed by atoms with van der Waals surface area (Å²) in [7, 11) is -5.71. The van der Waals surface area contributed by atoms with Crippen molar-refractivity contribution in [1.82, 2.24) is 0 Å². The Morgan fingerprint density at radius 3 is 2.62 bits per heavy atom. The summed E-state index contributed by atoms with van der Waals surface area (Å²) in [6.45, 7) is 2.34. The summed E-state index contributed by atoms with van der Waals surface area (Å²) in [4.78, 5) is 0.967. The number of aryl methyl sites for hydroxylation is 1. The number of anilines is 2. The van der Waals surface area contributed by atoms with Crippen molar-refractivity contribution >= 4 is 42.8 Å². The van der Waals surface area contributed by atoms with E-state index >= 15 is 0 Å². The maximum atomic E-state index is 12.7. The van der Waals surface area contributed by atoms with Crippen LogP contribution in [0.5, 0.6) is 5.75 Å². The predicted molar refractivity (Wildman–Crippen MR) is 103 cm³/mol. The summed E-state index contributed by atoms with van der Waals surface area (Å²) in [5.74, 6) is 0.413. The first-order chi connectivity index (χ1) is 12.3. The van der Waals surface area contributed by atoms with Gasteiger partial charge in [0, 0.05) is 11.4 Å². The highest BCUT2D eigenvalue weighted by Gasteiger charge is 2.29. The van der Waals surface area contributed by atoms with E-state index in [0.29, 0.717) is 24.4 Å². The minimum Gasteiger partial charge on any atom is -0.495 e. The molecule has 7 nitrogen and oxygen atoms in total. The van der Waals surface area contributed by atoms with Gasteiger partial charge in [0.05, 0.1) is 24.2 Å². The van der Waals surface area contributed by atoms with Crippen molar-refractivity contribution in [3.05, 3.63) is 35.2 Å². The third-order valence-corrected chi connectivity index (χ3v) is 9.02. The molecule has 1 fully saturated rings. The first kappa shape index (κ1) is 19.0. The van der Waals surface area contributed by atoms with Crippen LogP contribution in [0.15, 0.2) is 34.5 Å². The lowest BCUT2D eigenvalue weighted by Gasteiger charge is -2.19. The summed E-state index contributed by atoms with van der Waals surface area (Å²) in [5, 5.41) is 0. The quantitative estimate of drug-likeness (QED) is 0.781. The summed E-state index contributed by atoms with van der Waals surface area (Å²) in [6.07, 6.45) is 1.30. The van der Waals surface area contributed by atoms with Gasteiger partial charge < -0.3 is 4.74 Å². The Morgan fingerprint density at radius 2 is 2.04 bits per heavy atom. The zero-order valence-corrected chi connectivity index (χ0v) is 16.9. The molecule has 2 aromatic rings. The van der Waals surface area contributed by atoms with Gasteiger partial charge >= 0.3 is 0 Å². The van der Waals surface area contributed by atoms with Gasteiger partial charge in [0.1, 0.15) is 9.96 Å². The van der Waals surface area contributed by atoms with Gasteiger partial charge in [0.25, 0.3) is 10.0 Å². The molecule has 0 bridgehead atoms. The topological polar surface area (TPSA) is 92.8 Å². The van der Waals surface area contributed by atoms with E-state index in [1.165, 1.54) is 28.8 Å². The molecule has 0 spiro atoms. The van der Waals surface area contributed by atoms with E-state index in [9.17, 15) is 16.8 Å². The van der Waals surface area contributed by atoms with Gasteiger partial charge in [0.15, 0.2) is 0 Å². The molecule has 3 rings (SSSR count). The van der Waals surface area contributed by atoms with Crippen LogP contribution in [0, 0.1) is 0 Å². The number of sulfonamides is 2. The maximum Gasteiger partial charge on any atom is 0.271 e. The van der Waals surface area contributed by atoms with Crippen molar-refractivity contribution in [3.8, 4) is 5.75 Å². The molecule has 10 heteroatoms. The highest BCUT2D eigenvalue weighted by Crippen LogP contribution is 2.34. The number of rotatable bonds is 6. The van der Waals surface area contributed by atoms with Crippen LogP contribution in [0.4, 0.5) is 11.4 Å². The van der Waals surface area contributed by atoms with Crippen LogP contribution in [-0.2, 0) is 26.5 Å². The summed E-state index contributed by atoms with van der Waals surface area (Å²) >= 11 is 1.20. The number of hydrogen-bond acceptors (Lipinski definition) is 6. The zero-order chi connectivity index (χ0) is 18.9. The molecule has 1 saturated heterocycles. The molecular formula is C16H20N2O5S3. The van der Waals surface area contributed by atoms with Crippen LogP contribution in [-0.4, -0.2) is 36.2 Å². The SMILES string of the molecule is CCc1ccc(S(=O)(=O)Nc2cc(N3CCCS3(=O)=O)ccc2OC)s1. The Hall–Kier alpha value is -1.78. The lowest BCUT2D eigenvalue weighted by atomic mass is 10.2. The molecule has 2 heterocycles. The van der Waals surface area contributed by atoms with Gasteiger partial charge in [-0.1, -0.05) is 6.92 Å². The number of nitrogens with one attached hydrogen (secondary N) is 1. The smallest absolute Gasteiger partial charge is 0.271 e. The zero-order valence-electron chi connectivity index (χ0n) is 14.4. The van der Waals surface area contributed by atoms with E-state index in [1.54, 1.807) is 24.3 Å². The molecule has 0 aliphatic carbocycles. The predicted octanol–water partition coefficient (Wildman–Crippen LogP) is 2.66. The molecule has 0 radical (unpaired) electrons. The second-order valence-electron chi connectivity index (χ2n) is 5.81. The average Bonchev–Trinajstić information content (AvgIpc) is 3.21. The highest BCUT2D eigenvalue weighted by atomic mass is 32.2. The fraction of sp³-hybridized carbons (Fsp3) is 0.375. The molecule has 1 aromatic carbocycles. The van der Waals surface area contributed by atoms with Crippen LogP contribution in [0.25, 0.3) is 0 Å². The first-order valence-electron chi connectivity index (χ1n) is 8.07. The lowest BCUT2D eigenvalue weighted by Crippen LogP contribution is -2.25. The van der Waals surface area contributed by atoms with Crippen LogP contribution in [0.1, 0.15) is 18.2 Å². The third-order valence-electron chi connectivity index (χ3n) is 4.06. The molecule has 1 aliphatic heterocycles. The Labute approximate surface area is 157 Å². The fourth-order valence-corrected chi connectivity index (χ4v) is 6.66. The van der Waals surface area contributed by atoms with Crippen molar-refractivity contribution in [2.24, 2.45) is 0 Å². The van der Waals surface area contributed by atoms with E-state index in [4.69, 9.17) is 4.74 Å². The van der Waals surface area contributed by atoms with Crippen molar-refractivity contribution in [2.45, 2.75) is 24.0 Å². The van der Waals surface area contributed by atoms with E-state index in [2.05, 4.69) is 4.72 Å². The standard InChI is InChI=1S/C16H20N2O5S3/c1-3-13-6-8-16(24-13)26(21,22)17-14-11-12(5-7-15(14)23-2)18-9-4-10-25(18,19)20/h5-8,11,17H,3-4,9-10H2,1-2H3. The Kier molecular flexibility index (Phi) is 5.18. The second kappa shape index (κ2) is 7.09. The van der Waals surface area contributed by atoms with Gasteiger partial charge in [-0.25, -0.2) is 16.8 Å². The molecular weight excluding hydrogens is 396 g/mol. The molecule has 1 aliphatic rings. The van der Waals surface area contributed by atoms with Crippen molar-refractivity contribution < 1.29 is 21.6 Å². The van der Waals surface area contributed by atoms with E-state index in [1.807, 2.05) is 6.92 Å². The maximum absolute atomic E-state index is 12.7. The summed E-state index contributed by atoms with van der Waals surface area (Å²) in [5.41, 5.74) is 0.625. The average molecular weight is 417 g/mol. The van der Waals surface area contributed by atoms with E-state index in [0.717, 1.165) is 11.3 Å².